The van der Waals surface area contributed by atoms with Crippen LogP contribution in [0.25, 0.3) is 0 Å². The first kappa shape index (κ1) is 72.5. The normalized spacial score (nSPS) is 13.7. The molecule has 0 spiro atoms. The third-order valence-electron chi connectivity index (χ3n) is 12.1. The Morgan fingerprint density at radius 2 is 0.513 bits per heavy atom. The molecule has 0 saturated carbocycles. The molecule has 0 aromatic rings. The van der Waals surface area contributed by atoms with Gasteiger partial charge in [-0.15, -0.1) is 0 Å². The van der Waals surface area contributed by atoms with Crippen molar-refractivity contribution >= 4 is 11.9 Å². The van der Waals surface area contributed by atoms with Crippen LogP contribution in [0, 0.1) is 0 Å². The van der Waals surface area contributed by atoms with Crippen molar-refractivity contribution in [3.8, 4) is 0 Å². The monoisotopic (exact) mass is 1070 g/mol. The summed E-state index contributed by atoms with van der Waals surface area (Å²) in [5.41, 5.74) is 0. The van der Waals surface area contributed by atoms with Crippen molar-refractivity contribution in [2.45, 2.75) is 225 Å². The molecule has 0 aromatic heterocycles. The fraction of sp³-hybridized carbons (Fsp3) is 0.507. The number of carbonyl (C=O) groups is 2. The molecule has 0 radical (unpaired) electrons. The van der Waals surface area contributed by atoms with E-state index in [-0.39, 0.29) is 25.2 Å². The lowest BCUT2D eigenvalue weighted by Gasteiger charge is -2.15. The number of unbranched alkanes of at least 4 members (excludes halogenated alkanes) is 11. The zero-order chi connectivity index (χ0) is 56.2. The maximum absolute atomic E-state index is 12.3. The summed E-state index contributed by atoms with van der Waals surface area (Å²) in [6.07, 6.45) is 107. The Kier molecular flexibility index (Phi) is 61.1. The second-order valence-corrected chi connectivity index (χ2v) is 19.3. The van der Waals surface area contributed by atoms with Crippen molar-refractivity contribution in [2.24, 2.45) is 0 Å². The van der Waals surface area contributed by atoms with E-state index < -0.39 is 6.10 Å². The van der Waals surface area contributed by atoms with Gasteiger partial charge in [-0.1, -0.05) is 265 Å². The molecular weight excluding hydrogens is 957 g/mol. The minimum atomic E-state index is -0.808. The van der Waals surface area contributed by atoms with Gasteiger partial charge in [-0.05, 0) is 148 Å². The average molecular weight is 1070 g/mol. The molecule has 0 aliphatic heterocycles. The number of carbonyl (C=O) groups excluding carboxylic acids is 2. The van der Waals surface area contributed by atoms with Crippen LogP contribution in [0.2, 0.25) is 0 Å². The molecule has 0 bridgehead atoms. The van der Waals surface area contributed by atoms with Crippen LogP contribution in [0.1, 0.15) is 219 Å². The van der Waals surface area contributed by atoms with E-state index in [0.717, 1.165) is 167 Å². The van der Waals surface area contributed by atoms with Crippen LogP contribution >= 0.6 is 0 Å². The molecule has 1 atom stereocenters. The Labute approximate surface area is 479 Å². The molecular formula is C73H110O5. The molecule has 0 fully saturated rings. The van der Waals surface area contributed by atoms with E-state index in [9.17, 15) is 14.7 Å². The number of ether oxygens (including phenoxy) is 2. The second-order valence-electron chi connectivity index (χ2n) is 19.3. The van der Waals surface area contributed by atoms with E-state index >= 15 is 0 Å². The lowest BCUT2D eigenvalue weighted by Crippen LogP contribution is -2.28. The molecule has 1 unspecified atom stereocenters. The third-order valence-corrected chi connectivity index (χ3v) is 12.1. The summed E-state index contributed by atoms with van der Waals surface area (Å²) in [4.78, 5) is 24.6. The van der Waals surface area contributed by atoms with E-state index in [1.54, 1.807) is 0 Å². The fourth-order valence-electron chi connectivity index (χ4n) is 7.56. The Morgan fingerprint density at radius 3 is 0.769 bits per heavy atom. The average Bonchev–Trinajstić information content (AvgIpc) is 3.44. The Hall–Kier alpha value is -5.52. The molecule has 78 heavy (non-hydrogen) atoms. The van der Waals surface area contributed by atoms with Crippen molar-refractivity contribution in [1.82, 2.24) is 0 Å². The number of hydrogen-bond acceptors (Lipinski definition) is 5. The molecule has 0 aromatic carbocycles. The van der Waals surface area contributed by atoms with Gasteiger partial charge >= 0.3 is 11.9 Å². The topological polar surface area (TPSA) is 72.8 Å². The molecule has 0 amide bonds. The first-order valence-corrected chi connectivity index (χ1v) is 30.6. The minimum Gasteiger partial charge on any atom is -0.462 e. The van der Waals surface area contributed by atoms with E-state index in [0.29, 0.717) is 12.8 Å². The summed E-state index contributed by atoms with van der Waals surface area (Å²) in [6.45, 7) is 3.86. The van der Waals surface area contributed by atoms with Crippen LogP contribution in [0.15, 0.2) is 207 Å². The quantitative estimate of drug-likeness (QED) is 0.0373. The zero-order valence-electron chi connectivity index (χ0n) is 49.3. The van der Waals surface area contributed by atoms with Gasteiger partial charge < -0.3 is 14.6 Å². The smallest absolute Gasteiger partial charge is 0.306 e. The van der Waals surface area contributed by atoms with Gasteiger partial charge in [0, 0.05) is 12.8 Å². The van der Waals surface area contributed by atoms with Gasteiger partial charge in [0.1, 0.15) is 6.61 Å². The Bertz CT molecular complexity index is 1880. The molecule has 0 heterocycles. The molecule has 432 valence electrons. The molecule has 1 N–H and O–H groups in total. The largest absolute Gasteiger partial charge is 0.462 e. The standard InChI is InChI=1S/C73H110O5/c1-3-5-7-9-11-13-15-17-19-21-23-25-27-29-31-33-34-35-36-37-38-40-42-44-46-48-50-52-54-56-58-60-62-64-66-68-73(76)78-71(69-74)70-77-72(75)67-65-63-61-59-57-55-53-51-49-47-45-43-41-39-32-30-28-26-24-22-20-18-16-14-12-10-8-6-4-2/h5-8,11-14,17-20,23-26,29-32,34-35,37-38,41-44,47-50,53,55,71,74H,3-4,9-10,15-16,21-22,27-28,33,36,39-40,45-46,51-52,54,56-70H2,1-2H3/b7-5-,8-6-,13-11-,14-12-,19-17-,20-18-,25-23-,26-24-,31-29-,32-30-,35-34-,38-37-,43-41-,44-42-,49-47-,50-48-,55-53-. The van der Waals surface area contributed by atoms with Crippen LogP contribution in [0.3, 0.4) is 0 Å². The van der Waals surface area contributed by atoms with Crippen LogP contribution in [0.5, 0.6) is 0 Å². The maximum Gasteiger partial charge on any atom is 0.306 e. The van der Waals surface area contributed by atoms with E-state index in [2.05, 4.69) is 220 Å². The highest BCUT2D eigenvalue weighted by atomic mass is 16.6. The number of rotatable bonds is 53. The highest BCUT2D eigenvalue weighted by Gasteiger charge is 2.16. The molecule has 0 rings (SSSR count). The SMILES string of the molecule is CC/C=C\C/C=C\C/C=C\C/C=C\C/C=C\C/C=C\C/C=C\C/C=C\C/C=C\CCCCCCCCCC(=O)OC(CO)COC(=O)CCCCCC/C=C\C/C=C\C/C=C\C/C=C\C/C=C\C/C=C\C/C=C\C/C=C\CC. The molecule has 5 heteroatoms. The number of allylic oxidation sites excluding steroid dienone is 34. The minimum absolute atomic E-state index is 0.0992. The van der Waals surface area contributed by atoms with Gasteiger partial charge in [0.15, 0.2) is 6.10 Å². The Balaban J connectivity index is 3.69. The van der Waals surface area contributed by atoms with Gasteiger partial charge in [0.25, 0.3) is 0 Å². The molecule has 5 nitrogen and oxygen atoms in total. The molecule has 0 aliphatic carbocycles. The first-order valence-electron chi connectivity index (χ1n) is 30.6. The van der Waals surface area contributed by atoms with Gasteiger partial charge in [-0.2, -0.15) is 0 Å². The van der Waals surface area contributed by atoms with E-state index in [4.69, 9.17) is 9.47 Å². The highest BCUT2D eigenvalue weighted by molar-refractivity contribution is 5.70. The van der Waals surface area contributed by atoms with Crippen LogP contribution in [-0.4, -0.2) is 36.4 Å². The first-order chi connectivity index (χ1) is 38.6. The Morgan fingerprint density at radius 1 is 0.295 bits per heavy atom. The van der Waals surface area contributed by atoms with Gasteiger partial charge in [0.2, 0.25) is 0 Å². The van der Waals surface area contributed by atoms with Gasteiger partial charge in [-0.3, -0.25) is 9.59 Å². The predicted molar refractivity (Wildman–Crippen MR) is 342 cm³/mol. The van der Waals surface area contributed by atoms with Crippen molar-refractivity contribution in [3.05, 3.63) is 207 Å². The fourth-order valence-corrected chi connectivity index (χ4v) is 7.56. The summed E-state index contributed by atoms with van der Waals surface area (Å²) in [7, 11) is 0. The zero-order valence-corrected chi connectivity index (χ0v) is 49.3. The van der Waals surface area contributed by atoms with E-state index in [1.165, 1.54) is 25.7 Å². The van der Waals surface area contributed by atoms with Crippen LogP contribution < -0.4 is 0 Å². The van der Waals surface area contributed by atoms with Crippen molar-refractivity contribution < 1.29 is 24.2 Å². The van der Waals surface area contributed by atoms with Crippen LogP contribution in [-0.2, 0) is 19.1 Å². The lowest BCUT2D eigenvalue weighted by molar-refractivity contribution is -0.161. The van der Waals surface area contributed by atoms with Crippen LogP contribution in [0.4, 0.5) is 0 Å². The van der Waals surface area contributed by atoms with Gasteiger partial charge in [-0.25, -0.2) is 0 Å². The molecule has 0 saturated heterocycles. The summed E-state index contributed by atoms with van der Waals surface area (Å²) in [5, 5.41) is 9.67. The number of hydrogen-bond donors (Lipinski definition) is 1. The summed E-state index contributed by atoms with van der Waals surface area (Å²) < 4.78 is 10.7. The van der Waals surface area contributed by atoms with Crippen molar-refractivity contribution in [2.75, 3.05) is 13.2 Å². The summed E-state index contributed by atoms with van der Waals surface area (Å²) in [6, 6.07) is 0. The lowest BCUT2D eigenvalue weighted by atomic mass is 10.1. The van der Waals surface area contributed by atoms with Crippen molar-refractivity contribution in [3.63, 3.8) is 0 Å². The number of esters is 2. The van der Waals surface area contributed by atoms with Crippen molar-refractivity contribution in [1.29, 1.82) is 0 Å². The van der Waals surface area contributed by atoms with E-state index in [1.807, 2.05) is 0 Å². The second kappa shape index (κ2) is 65.8. The summed E-state index contributed by atoms with van der Waals surface area (Å²) in [5.74, 6) is -0.650. The molecule has 0 aliphatic rings. The maximum atomic E-state index is 12.3. The number of aliphatic hydroxyl groups excluding tert-OH is 1. The predicted octanol–water partition coefficient (Wildman–Crippen LogP) is 21.4. The summed E-state index contributed by atoms with van der Waals surface area (Å²) >= 11 is 0. The number of aliphatic hydroxyl groups is 1. The van der Waals surface area contributed by atoms with Gasteiger partial charge in [0.05, 0.1) is 6.61 Å². The third kappa shape index (κ3) is 63.0. The highest BCUT2D eigenvalue weighted by Crippen LogP contribution is 2.12.